The maximum atomic E-state index is 12.6. The van der Waals surface area contributed by atoms with E-state index in [4.69, 9.17) is 10.2 Å². The van der Waals surface area contributed by atoms with Gasteiger partial charge < -0.3 is 19.8 Å². The summed E-state index contributed by atoms with van der Waals surface area (Å²) in [5.74, 6) is -4.02. The van der Waals surface area contributed by atoms with Crippen molar-refractivity contribution in [3.05, 3.63) is 23.8 Å². The van der Waals surface area contributed by atoms with Gasteiger partial charge in [-0.2, -0.15) is 0 Å². The summed E-state index contributed by atoms with van der Waals surface area (Å²) in [4.78, 5) is 58.6. The van der Waals surface area contributed by atoms with Gasteiger partial charge in [-0.3, -0.25) is 19.2 Å². The molecule has 1 aromatic rings. The molecule has 0 aliphatic rings. The van der Waals surface area contributed by atoms with Gasteiger partial charge >= 0.3 is 11.9 Å². The van der Waals surface area contributed by atoms with Crippen LogP contribution in [-0.2, 0) is 19.2 Å². The highest BCUT2D eigenvalue weighted by Crippen LogP contribution is 2.29. The summed E-state index contributed by atoms with van der Waals surface area (Å²) in [5, 5.41) is 17.9. The summed E-state index contributed by atoms with van der Waals surface area (Å²) >= 11 is 0. The Labute approximate surface area is 155 Å². The highest BCUT2D eigenvalue weighted by Gasteiger charge is 2.32. The van der Waals surface area contributed by atoms with E-state index in [1.54, 1.807) is 13.8 Å². The molecule has 1 atom stereocenters. The van der Waals surface area contributed by atoms with E-state index in [2.05, 4.69) is 4.74 Å². The van der Waals surface area contributed by atoms with Crippen LogP contribution in [-0.4, -0.2) is 46.4 Å². The molecule has 0 bridgehead atoms. The van der Waals surface area contributed by atoms with Crippen molar-refractivity contribution in [1.82, 2.24) is 0 Å². The number of aromatic carboxylic acids is 1. The van der Waals surface area contributed by atoms with Crippen molar-refractivity contribution in [3.8, 4) is 5.75 Å². The van der Waals surface area contributed by atoms with E-state index in [1.807, 2.05) is 0 Å². The van der Waals surface area contributed by atoms with Gasteiger partial charge in [0.05, 0.1) is 12.5 Å². The van der Waals surface area contributed by atoms with Crippen LogP contribution in [0.15, 0.2) is 18.2 Å². The lowest BCUT2D eigenvalue weighted by Crippen LogP contribution is -2.47. The first-order valence-electron chi connectivity index (χ1n) is 8.12. The number of amides is 1. The van der Waals surface area contributed by atoms with Crippen molar-refractivity contribution < 1.29 is 38.9 Å². The smallest absolute Gasteiger partial charge is 0.339 e. The van der Waals surface area contributed by atoms with Gasteiger partial charge in [0.15, 0.2) is 5.78 Å². The molecule has 9 heteroatoms. The van der Waals surface area contributed by atoms with Crippen molar-refractivity contribution in [2.24, 2.45) is 5.92 Å². The van der Waals surface area contributed by atoms with Crippen molar-refractivity contribution in [1.29, 1.82) is 0 Å². The Morgan fingerprint density at radius 1 is 1.15 bits per heavy atom. The Morgan fingerprint density at radius 3 is 2.22 bits per heavy atom. The summed E-state index contributed by atoms with van der Waals surface area (Å²) in [6.07, 6.45) is -0.627. The second-order valence-electron chi connectivity index (χ2n) is 6.14. The first kappa shape index (κ1) is 21.8. The van der Waals surface area contributed by atoms with Crippen LogP contribution in [0.1, 0.15) is 44.0 Å². The third-order valence-electron chi connectivity index (χ3n) is 3.81. The molecular formula is C18H21NO8. The Balaban J connectivity index is 3.40. The first-order valence-corrected chi connectivity index (χ1v) is 8.12. The number of carbonyl (C=O) groups is 5. The highest BCUT2D eigenvalue weighted by atomic mass is 16.5. The lowest BCUT2D eigenvalue weighted by Gasteiger charge is -2.33. The van der Waals surface area contributed by atoms with E-state index < -0.39 is 29.7 Å². The van der Waals surface area contributed by atoms with Crippen LogP contribution in [0.3, 0.4) is 0 Å². The molecule has 146 valence electrons. The number of aliphatic carboxylic acids is 1. The molecule has 0 aromatic heterocycles. The molecule has 1 aromatic carbocycles. The van der Waals surface area contributed by atoms with Crippen LogP contribution < -0.4 is 9.64 Å². The number of carbonyl (C=O) groups excluding carboxylic acids is 3. The molecule has 0 radical (unpaired) electrons. The minimum Gasteiger partial charge on any atom is -0.481 e. The van der Waals surface area contributed by atoms with Gasteiger partial charge in [-0.25, -0.2) is 4.79 Å². The van der Waals surface area contributed by atoms with Crippen LogP contribution >= 0.6 is 0 Å². The second kappa shape index (κ2) is 9.46. The molecule has 0 heterocycles. The van der Waals surface area contributed by atoms with Gasteiger partial charge in [-0.15, -0.1) is 0 Å². The molecule has 0 aliphatic carbocycles. The zero-order valence-corrected chi connectivity index (χ0v) is 15.2. The molecule has 0 spiro atoms. The fraction of sp³-hybridized carbons (Fsp3) is 0.389. The predicted octanol–water partition coefficient (Wildman–Crippen LogP) is 1.73. The number of rotatable bonds is 10. The average molecular weight is 379 g/mol. The Bertz CT molecular complexity index is 756. The highest BCUT2D eigenvalue weighted by molar-refractivity contribution is 6.02. The molecule has 0 aliphatic heterocycles. The van der Waals surface area contributed by atoms with Crippen LogP contribution in [0, 0.1) is 5.92 Å². The van der Waals surface area contributed by atoms with Crippen LogP contribution in [0.5, 0.6) is 5.75 Å². The zero-order valence-electron chi connectivity index (χ0n) is 15.2. The topological polar surface area (TPSA) is 138 Å². The molecule has 1 unspecified atom stereocenters. The minimum atomic E-state index is -1.33. The largest absolute Gasteiger partial charge is 0.481 e. The third kappa shape index (κ3) is 5.63. The van der Waals surface area contributed by atoms with Crippen molar-refractivity contribution >= 4 is 35.8 Å². The summed E-state index contributed by atoms with van der Waals surface area (Å²) in [6, 6.07) is 2.70. The number of ketones is 1. The number of nitrogens with zero attached hydrogens (tertiary/aromatic N) is 1. The van der Waals surface area contributed by atoms with E-state index in [0.717, 1.165) is 11.0 Å². The quantitative estimate of drug-likeness (QED) is 0.586. The molecule has 1 amide bonds. The predicted molar refractivity (Wildman–Crippen MR) is 93.8 cm³/mol. The van der Waals surface area contributed by atoms with Crippen molar-refractivity contribution in [2.45, 2.75) is 39.7 Å². The van der Waals surface area contributed by atoms with E-state index in [1.165, 1.54) is 19.1 Å². The number of hydrogen-bond acceptors (Lipinski definition) is 6. The average Bonchev–Trinajstić information content (AvgIpc) is 2.56. The normalized spacial score (nSPS) is 11.6. The number of hydrogen-bond donors (Lipinski definition) is 2. The number of Topliss-reactive ketones (excluding diaryl/α,β-unsaturated/α-hetero) is 1. The SMILES string of the molecule is CC(=O)N(c1ccc(C(=O)O)c(OC=O)c1)C(C(=O)CCC(=O)O)C(C)C. The van der Waals surface area contributed by atoms with Gasteiger partial charge in [0.2, 0.25) is 5.91 Å². The van der Waals surface area contributed by atoms with E-state index in [0.29, 0.717) is 0 Å². The van der Waals surface area contributed by atoms with E-state index in [9.17, 15) is 24.0 Å². The summed E-state index contributed by atoms with van der Waals surface area (Å²) in [5.41, 5.74) is -0.126. The maximum absolute atomic E-state index is 12.6. The maximum Gasteiger partial charge on any atom is 0.339 e. The molecule has 1 rings (SSSR count). The Hall–Kier alpha value is -3.23. The van der Waals surface area contributed by atoms with Gasteiger partial charge in [0.1, 0.15) is 11.3 Å². The second-order valence-corrected chi connectivity index (χ2v) is 6.14. The van der Waals surface area contributed by atoms with Gasteiger partial charge in [-0.1, -0.05) is 13.8 Å². The Kier molecular flexibility index (Phi) is 7.64. The summed E-state index contributed by atoms with van der Waals surface area (Å²) in [6.45, 7) is 4.69. The molecule has 0 saturated carbocycles. The molecule has 9 nitrogen and oxygen atoms in total. The van der Waals surface area contributed by atoms with E-state index >= 15 is 0 Å². The third-order valence-corrected chi connectivity index (χ3v) is 3.81. The zero-order chi connectivity index (χ0) is 20.7. The lowest BCUT2D eigenvalue weighted by molar-refractivity contribution is -0.138. The van der Waals surface area contributed by atoms with E-state index in [-0.39, 0.29) is 42.2 Å². The number of anilines is 1. The molecule has 2 N–H and O–H groups in total. The Morgan fingerprint density at radius 2 is 1.78 bits per heavy atom. The number of ether oxygens (including phenoxy) is 1. The number of benzene rings is 1. The van der Waals surface area contributed by atoms with Gasteiger partial charge in [0, 0.05) is 25.1 Å². The summed E-state index contributed by atoms with van der Waals surface area (Å²) in [7, 11) is 0. The standard InChI is InChI=1S/C18H21NO8/c1-10(2)17(14(22)6-7-16(23)24)19(11(3)21)12-4-5-13(18(25)26)15(8-12)27-9-20/h4-5,8-10,17H,6-7H2,1-3H3,(H,23,24)(H,25,26). The molecule has 0 saturated heterocycles. The molecule has 27 heavy (non-hydrogen) atoms. The van der Waals surface area contributed by atoms with Crippen molar-refractivity contribution in [3.63, 3.8) is 0 Å². The first-order chi connectivity index (χ1) is 12.6. The molecular weight excluding hydrogens is 358 g/mol. The van der Waals surface area contributed by atoms with Gasteiger partial charge in [-0.05, 0) is 18.1 Å². The molecule has 0 fully saturated rings. The fourth-order valence-electron chi connectivity index (χ4n) is 2.72. The fourth-order valence-corrected chi connectivity index (χ4v) is 2.72. The van der Waals surface area contributed by atoms with Gasteiger partial charge in [0.25, 0.3) is 6.47 Å². The number of carboxylic acid groups (broad SMARTS) is 2. The van der Waals surface area contributed by atoms with Crippen LogP contribution in [0.25, 0.3) is 0 Å². The van der Waals surface area contributed by atoms with Crippen LogP contribution in [0.4, 0.5) is 5.69 Å². The monoisotopic (exact) mass is 379 g/mol. The van der Waals surface area contributed by atoms with Crippen LogP contribution in [0.2, 0.25) is 0 Å². The number of carboxylic acids is 2. The lowest BCUT2D eigenvalue weighted by atomic mass is 9.94. The minimum absolute atomic E-state index is 0.0571. The summed E-state index contributed by atoms with van der Waals surface area (Å²) < 4.78 is 4.69. The van der Waals surface area contributed by atoms with Crippen molar-refractivity contribution in [2.75, 3.05) is 4.90 Å².